The summed E-state index contributed by atoms with van der Waals surface area (Å²) in [6, 6.07) is 6.93. The van der Waals surface area contributed by atoms with Gasteiger partial charge >= 0.3 is 5.97 Å². The van der Waals surface area contributed by atoms with Crippen LogP contribution in [0, 0.1) is 0 Å². The van der Waals surface area contributed by atoms with E-state index in [0.29, 0.717) is 47.1 Å². The Kier molecular flexibility index (Phi) is 2.91. The molecule has 0 aliphatic carbocycles. The number of fused-ring (bicyclic) bond motifs is 6. The van der Waals surface area contributed by atoms with Crippen molar-refractivity contribution in [3.05, 3.63) is 46.5 Å². The van der Waals surface area contributed by atoms with Crippen molar-refractivity contribution in [3.63, 3.8) is 0 Å². The van der Waals surface area contributed by atoms with E-state index in [2.05, 4.69) is 0 Å². The van der Waals surface area contributed by atoms with E-state index in [0.717, 1.165) is 5.56 Å². The number of esters is 1. The summed E-state index contributed by atoms with van der Waals surface area (Å²) in [4.78, 5) is 28.4. The minimum Gasteiger partial charge on any atom is -0.454 e. The van der Waals surface area contributed by atoms with Crippen molar-refractivity contribution in [1.29, 1.82) is 0 Å². The van der Waals surface area contributed by atoms with Crippen LogP contribution in [-0.2, 0) is 16.9 Å². The SMILES string of the molecule is CN1CCc2cc3c(cc2C(=O)C12OC(=O)c1c2ccc2c1OCO2)OCO3. The Morgan fingerprint density at radius 1 is 0.964 bits per heavy atom. The molecule has 142 valence electrons. The van der Waals surface area contributed by atoms with E-state index in [1.807, 2.05) is 6.07 Å². The summed E-state index contributed by atoms with van der Waals surface area (Å²) in [6.07, 6.45) is 0.605. The summed E-state index contributed by atoms with van der Waals surface area (Å²) in [7, 11) is 1.78. The molecule has 8 heteroatoms. The first-order valence-corrected chi connectivity index (χ1v) is 8.94. The number of Topliss-reactive ketones (excluding diaryl/α,β-unsaturated/α-hetero) is 1. The Morgan fingerprint density at radius 3 is 2.57 bits per heavy atom. The molecule has 4 heterocycles. The van der Waals surface area contributed by atoms with E-state index >= 15 is 0 Å². The number of hydrogen-bond donors (Lipinski definition) is 0. The number of hydrogen-bond acceptors (Lipinski definition) is 8. The van der Waals surface area contributed by atoms with Gasteiger partial charge in [0.1, 0.15) is 5.56 Å². The summed E-state index contributed by atoms with van der Waals surface area (Å²) < 4.78 is 27.6. The molecule has 0 saturated heterocycles. The number of rotatable bonds is 0. The molecule has 0 amide bonds. The lowest BCUT2D eigenvalue weighted by atomic mass is 9.89. The standard InChI is InChI=1S/C20H15NO7/c1-21-5-4-10-6-14-15(26-8-25-14)7-11(10)18(22)20(21)12-2-3-13-17(27-9-24-13)16(12)19(23)28-20/h2-3,6-7H,4-5,8-9H2,1H3. The van der Waals surface area contributed by atoms with Gasteiger partial charge in [-0.3, -0.25) is 9.69 Å². The van der Waals surface area contributed by atoms with Crippen molar-refractivity contribution >= 4 is 11.8 Å². The van der Waals surface area contributed by atoms with Gasteiger partial charge in [0.25, 0.3) is 5.72 Å². The Balaban J connectivity index is 1.58. The minimum absolute atomic E-state index is 0.0299. The molecule has 0 fully saturated rings. The van der Waals surface area contributed by atoms with Crippen LogP contribution < -0.4 is 18.9 Å². The van der Waals surface area contributed by atoms with E-state index < -0.39 is 11.7 Å². The predicted octanol–water partition coefficient (Wildman–Crippen LogP) is 1.84. The third-order valence-electron chi connectivity index (χ3n) is 5.75. The van der Waals surface area contributed by atoms with Gasteiger partial charge in [0.2, 0.25) is 19.4 Å². The van der Waals surface area contributed by atoms with Crippen LogP contribution in [0.2, 0.25) is 0 Å². The molecule has 1 spiro atoms. The predicted molar refractivity (Wildman–Crippen MR) is 92.9 cm³/mol. The highest BCUT2D eigenvalue weighted by Gasteiger charge is 2.58. The van der Waals surface area contributed by atoms with Crippen molar-refractivity contribution < 1.29 is 33.3 Å². The number of carbonyl (C=O) groups excluding carboxylic acids is 2. The lowest BCUT2D eigenvalue weighted by Crippen LogP contribution is -2.50. The summed E-state index contributed by atoms with van der Waals surface area (Å²) in [5, 5.41) is 0. The van der Waals surface area contributed by atoms with Crippen LogP contribution in [0.5, 0.6) is 23.0 Å². The molecule has 4 aliphatic heterocycles. The third-order valence-corrected chi connectivity index (χ3v) is 5.75. The fourth-order valence-electron chi connectivity index (χ4n) is 4.35. The number of ether oxygens (including phenoxy) is 5. The molecular formula is C20H15NO7. The molecule has 1 atom stereocenters. The lowest BCUT2D eigenvalue weighted by molar-refractivity contribution is -0.0737. The zero-order chi connectivity index (χ0) is 19.0. The van der Waals surface area contributed by atoms with Crippen molar-refractivity contribution in [2.24, 2.45) is 0 Å². The highest BCUT2D eigenvalue weighted by Crippen LogP contribution is 2.50. The van der Waals surface area contributed by atoms with Gasteiger partial charge < -0.3 is 23.7 Å². The molecule has 0 N–H and O–H groups in total. The zero-order valence-electron chi connectivity index (χ0n) is 14.9. The second kappa shape index (κ2) is 5.17. The molecule has 8 nitrogen and oxygen atoms in total. The first-order chi connectivity index (χ1) is 13.6. The Labute approximate surface area is 159 Å². The summed E-state index contributed by atoms with van der Waals surface area (Å²) in [5.74, 6) is 1.03. The number of nitrogens with zero attached hydrogens (tertiary/aromatic N) is 1. The van der Waals surface area contributed by atoms with Gasteiger partial charge in [-0.1, -0.05) is 0 Å². The topological polar surface area (TPSA) is 83.5 Å². The highest BCUT2D eigenvalue weighted by atomic mass is 16.7. The summed E-state index contributed by atoms with van der Waals surface area (Å²) in [5.41, 5.74) is 0.473. The number of ketones is 1. The molecule has 0 aromatic heterocycles. The van der Waals surface area contributed by atoms with Gasteiger partial charge in [0, 0.05) is 17.7 Å². The molecule has 28 heavy (non-hydrogen) atoms. The second-order valence-corrected chi connectivity index (χ2v) is 7.12. The summed E-state index contributed by atoms with van der Waals surface area (Å²) >= 11 is 0. The van der Waals surface area contributed by atoms with E-state index in [4.69, 9.17) is 23.7 Å². The quantitative estimate of drug-likeness (QED) is 0.640. The van der Waals surface area contributed by atoms with Gasteiger partial charge in [-0.2, -0.15) is 0 Å². The molecule has 0 saturated carbocycles. The molecule has 4 aliphatic rings. The largest absolute Gasteiger partial charge is 0.454 e. The maximum absolute atomic E-state index is 13.8. The van der Waals surface area contributed by atoms with Crippen molar-refractivity contribution in [3.8, 4) is 23.0 Å². The zero-order valence-corrected chi connectivity index (χ0v) is 14.9. The number of likely N-dealkylation sites (N-methyl/N-ethyl adjacent to an activating group) is 1. The minimum atomic E-state index is -1.55. The van der Waals surface area contributed by atoms with Crippen LogP contribution in [-0.4, -0.2) is 43.8 Å². The monoisotopic (exact) mass is 381 g/mol. The maximum atomic E-state index is 13.8. The molecule has 0 radical (unpaired) electrons. The third kappa shape index (κ3) is 1.78. The van der Waals surface area contributed by atoms with E-state index in [1.165, 1.54) is 0 Å². The molecule has 6 rings (SSSR count). The van der Waals surface area contributed by atoms with Gasteiger partial charge in [0.05, 0.1) is 0 Å². The van der Waals surface area contributed by atoms with E-state index in [9.17, 15) is 9.59 Å². The summed E-state index contributed by atoms with van der Waals surface area (Å²) in [6.45, 7) is 0.667. The number of benzene rings is 2. The van der Waals surface area contributed by atoms with Gasteiger partial charge in [-0.15, -0.1) is 0 Å². The van der Waals surface area contributed by atoms with Crippen LogP contribution in [0.1, 0.15) is 31.8 Å². The molecule has 1 unspecified atom stereocenters. The van der Waals surface area contributed by atoms with Gasteiger partial charge in [0.15, 0.2) is 23.0 Å². The second-order valence-electron chi connectivity index (χ2n) is 7.12. The molecule has 2 aromatic rings. The van der Waals surface area contributed by atoms with Gasteiger partial charge in [-0.25, -0.2) is 4.79 Å². The van der Waals surface area contributed by atoms with Crippen molar-refractivity contribution in [2.45, 2.75) is 12.1 Å². The normalized spacial score (nSPS) is 24.2. The Bertz CT molecular complexity index is 1080. The Morgan fingerprint density at radius 2 is 1.71 bits per heavy atom. The smallest absolute Gasteiger partial charge is 0.345 e. The lowest BCUT2D eigenvalue weighted by Gasteiger charge is -2.34. The van der Waals surface area contributed by atoms with Crippen LogP contribution in [0.15, 0.2) is 24.3 Å². The first-order valence-electron chi connectivity index (χ1n) is 8.94. The highest BCUT2D eigenvalue weighted by molar-refractivity contribution is 6.11. The maximum Gasteiger partial charge on any atom is 0.345 e. The van der Waals surface area contributed by atoms with Crippen LogP contribution >= 0.6 is 0 Å². The average Bonchev–Trinajstić information content (AvgIpc) is 3.40. The number of carbonyl (C=O) groups is 2. The van der Waals surface area contributed by atoms with Crippen LogP contribution in [0.4, 0.5) is 0 Å². The fourth-order valence-corrected chi connectivity index (χ4v) is 4.35. The van der Waals surface area contributed by atoms with Gasteiger partial charge in [-0.05, 0) is 43.3 Å². The Hall–Kier alpha value is -3.26. The first kappa shape index (κ1) is 15.8. The molecular weight excluding hydrogens is 366 g/mol. The average molecular weight is 381 g/mol. The van der Waals surface area contributed by atoms with Crippen LogP contribution in [0.25, 0.3) is 0 Å². The van der Waals surface area contributed by atoms with Crippen LogP contribution in [0.3, 0.4) is 0 Å². The fraction of sp³-hybridized carbons (Fsp3) is 0.300. The molecule has 2 aromatic carbocycles. The van der Waals surface area contributed by atoms with E-state index in [-0.39, 0.29) is 24.9 Å². The van der Waals surface area contributed by atoms with Crippen molar-refractivity contribution in [1.82, 2.24) is 4.90 Å². The van der Waals surface area contributed by atoms with Crippen molar-refractivity contribution in [2.75, 3.05) is 27.2 Å². The van der Waals surface area contributed by atoms with E-state index in [1.54, 1.807) is 30.1 Å². The molecule has 0 bridgehead atoms.